The van der Waals surface area contributed by atoms with E-state index in [1.165, 1.54) is 0 Å². The number of pyridine rings is 1. The Kier molecular flexibility index (Phi) is 3.01. The number of halogens is 1. The van der Waals surface area contributed by atoms with Crippen LogP contribution in [-0.2, 0) is 6.54 Å². The molecule has 0 atom stereocenters. The van der Waals surface area contributed by atoms with Crippen LogP contribution >= 0.6 is 15.9 Å². The standard InChI is InChI=1S/C10H10BrN3O/c1-7-9(11)2-3-10(14-7)12-6-8-4-5-13-15-8/h2-5H,6H2,1H3,(H,12,14). The lowest BCUT2D eigenvalue weighted by atomic mass is 10.3. The highest BCUT2D eigenvalue weighted by molar-refractivity contribution is 9.10. The number of nitrogens with one attached hydrogen (secondary N) is 1. The molecular weight excluding hydrogens is 258 g/mol. The van der Waals surface area contributed by atoms with E-state index in [1.807, 2.05) is 25.1 Å². The SMILES string of the molecule is Cc1nc(NCc2ccno2)ccc1Br. The van der Waals surface area contributed by atoms with E-state index in [2.05, 4.69) is 31.4 Å². The average molecular weight is 268 g/mol. The molecule has 15 heavy (non-hydrogen) atoms. The third kappa shape index (κ3) is 2.56. The molecular formula is C10H10BrN3O. The summed E-state index contributed by atoms with van der Waals surface area (Å²) in [5.41, 5.74) is 0.956. The van der Waals surface area contributed by atoms with Crippen LogP contribution in [0, 0.1) is 6.92 Å². The van der Waals surface area contributed by atoms with Gasteiger partial charge in [-0.2, -0.15) is 0 Å². The number of aromatic nitrogens is 2. The second-order valence-corrected chi connectivity index (χ2v) is 3.95. The minimum Gasteiger partial charge on any atom is -0.363 e. The summed E-state index contributed by atoms with van der Waals surface area (Å²) in [6.45, 7) is 2.54. The van der Waals surface area contributed by atoms with Crippen molar-refractivity contribution in [2.75, 3.05) is 5.32 Å². The van der Waals surface area contributed by atoms with Crippen LogP contribution in [-0.4, -0.2) is 10.1 Å². The summed E-state index contributed by atoms with van der Waals surface area (Å²) in [6.07, 6.45) is 1.62. The summed E-state index contributed by atoms with van der Waals surface area (Å²) >= 11 is 3.40. The first kappa shape index (κ1) is 10.2. The molecule has 2 rings (SSSR count). The molecule has 2 heterocycles. The fourth-order valence-corrected chi connectivity index (χ4v) is 1.37. The third-order valence-electron chi connectivity index (χ3n) is 1.96. The Labute approximate surface area is 95.8 Å². The minimum atomic E-state index is 0.591. The Morgan fingerprint density at radius 2 is 2.27 bits per heavy atom. The number of nitrogens with zero attached hydrogens (tertiary/aromatic N) is 2. The van der Waals surface area contributed by atoms with E-state index >= 15 is 0 Å². The van der Waals surface area contributed by atoms with E-state index in [4.69, 9.17) is 4.52 Å². The number of hydrogen-bond donors (Lipinski definition) is 1. The molecule has 0 radical (unpaired) electrons. The summed E-state index contributed by atoms with van der Waals surface area (Å²) in [6, 6.07) is 5.69. The van der Waals surface area contributed by atoms with Crippen molar-refractivity contribution in [3.63, 3.8) is 0 Å². The van der Waals surface area contributed by atoms with E-state index in [0.29, 0.717) is 6.54 Å². The fraction of sp³-hybridized carbons (Fsp3) is 0.200. The molecule has 0 spiro atoms. The number of aryl methyl sites for hydroxylation is 1. The molecule has 0 aliphatic rings. The van der Waals surface area contributed by atoms with Crippen LogP contribution in [0.15, 0.2) is 33.4 Å². The molecule has 0 saturated carbocycles. The highest BCUT2D eigenvalue weighted by Crippen LogP contribution is 2.16. The van der Waals surface area contributed by atoms with Crippen LogP contribution in [0.4, 0.5) is 5.82 Å². The largest absolute Gasteiger partial charge is 0.363 e. The van der Waals surface area contributed by atoms with Crippen molar-refractivity contribution < 1.29 is 4.52 Å². The van der Waals surface area contributed by atoms with Gasteiger partial charge < -0.3 is 9.84 Å². The molecule has 0 aliphatic heterocycles. The van der Waals surface area contributed by atoms with Gasteiger partial charge in [0.2, 0.25) is 0 Å². The molecule has 0 aliphatic carbocycles. The zero-order chi connectivity index (χ0) is 10.7. The van der Waals surface area contributed by atoms with Crippen molar-refractivity contribution in [1.29, 1.82) is 0 Å². The van der Waals surface area contributed by atoms with Crippen LogP contribution in [0.2, 0.25) is 0 Å². The maximum Gasteiger partial charge on any atom is 0.155 e. The average Bonchev–Trinajstić information content (AvgIpc) is 2.73. The lowest BCUT2D eigenvalue weighted by molar-refractivity contribution is 0.388. The van der Waals surface area contributed by atoms with Crippen molar-refractivity contribution >= 4 is 21.7 Å². The third-order valence-corrected chi connectivity index (χ3v) is 2.79. The van der Waals surface area contributed by atoms with Crippen molar-refractivity contribution in [3.05, 3.63) is 40.3 Å². The molecule has 5 heteroatoms. The van der Waals surface area contributed by atoms with Gasteiger partial charge in [0.25, 0.3) is 0 Å². The van der Waals surface area contributed by atoms with Crippen molar-refractivity contribution in [3.8, 4) is 0 Å². The molecule has 4 nitrogen and oxygen atoms in total. The molecule has 0 aromatic carbocycles. The molecule has 2 aromatic heterocycles. The highest BCUT2D eigenvalue weighted by Gasteiger charge is 2.00. The van der Waals surface area contributed by atoms with E-state index in [1.54, 1.807) is 6.20 Å². The van der Waals surface area contributed by atoms with E-state index in [0.717, 1.165) is 21.7 Å². The van der Waals surface area contributed by atoms with Crippen molar-refractivity contribution in [2.24, 2.45) is 0 Å². The van der Waals surface area contributed by atoms with Crippen LogP contribution in [0.1, 0.15) is 11.5 Å². The number of rotatable bonds is 3. The van der Waals surface area contributed by atoms with Gasteiger partial charge in [-0.05, 0) is 35.0 Å². The van der Waals surface area contributed by atoms with E-state index in [-0.39, 0.29) is 0 Å². The highest BCUT2D eigenvalue weighted by atomic mass is 79.9. The van der Waals surface area contributed by atoms with Crippen LogP contribution in [0.25, 0.3) is 0 Å². The molecule has 0 fully saturated rings. The lowest BCUT2D eigenvalue weighted by Gasteiger charge is -2.04. The quantitative estimate of drug-likeness (QED) is 0.929. The molecule has 0 saturated heterocycles. The molecule has 0 unspecified atom stereocenters. The lowest BCUT2D eigenvalue weighted by Crippen LogP contribution is -2.01. The Bertz CT molecular complexity index is 442. The second-order valence-electron chi connectivity index (χ2n) is 3.10. The Balaban J connectivity index is 2.02. The van der Waals surface area contributed by atoms with Crippen LogP contribution < -0.4 is 5.32 Å². The van der Waals surface area contributed by atoms with Gasteiger partial charge in [0.05, 0.1) is 18.4 Å². The molecule has 78 valence electrons. The van der Waals surface area contributed by atoms with Gasteiger partial charge >= 0.3 is 0 Å². The van der Waals surface area contributed by atoms with E-state index in [9.17, 15) is 0 Å². The van der Waals surface area contributed by atoms with Crippen LogP contribution in [0.3, 0.4) is 0 Å². The number of anilines is 1. The first-order chi connectivity index (χ1) is 7.25. The smallest absolute Gasteiger partial charge is 0.155 e. The Morgan fingerprint density at radius 1 is 1.40 bits per heavy atom. The van der Waals surface area contributed by atoms with Crippen molar-refractivity contribution in [2.45, 2.75) is 13.5 Å². The zero-order valence-corrected chi connectivity index (χ0v) is 9.78. The van der Waals surface area contributed by atoms with E-state index < -0.39 is 0 Å². The predicted molar refractivity (Wildman–Crippen MR) is 60.5 cm³/mol. The molecule has 2 aromatic rings. The predicted octanol–water partition coefficient (Wildman–Crippen LogP) is 2.75. The molecule has 0 amide bonds. The number of hydrogen-bond acceptors (Lipinski definition) is 4. The summed E-state index contributed by atoms with van der Waals surface area (Å²) < 4.78 is 5.97. The van der Waals surface area contributed by atoms with Gasteiger partial charge in [-0.25, -0.2) is 4.98 Å². The summed E-state index contributed by atoms with van der Waals surface area (Å²) in [4.78, 5) is 4.35. The van der Waals surface area contributed by atoms with Gasteiger partial charge in [0.1, 0.15) is 5.82 Å². The van der Waals surface area contributed by atoms with Crippen LogP contribution in [0.5, 0.6) is 0 Å². The summed E-state index contributed by atoms with van der Waals surface area (Å²) in [5, 5.41) is 6.77. The topological polar surface area (TPSA) is 51.0 Å². The maximum absolute atomic E-state index is 4.96. The normalized spacial score (nSPS) is 10.3. The van der Waals surface area contributed by atoms with Gasteiger partial charge in [-0.1, -0.05) is 5.16 Å². The van der Waals surface area contributed by atoms with Crippen molar-refractivity contribution in [1.82, 2.24) is 10.1 Å². The van der Waals surface area contributed by atoms with Gasteiger partial charge in [0, 0.05) is 10.5 Å². The van der Waals surface area contributed by atoms with Gasteiger partial charge in [0.15, 0.2) is 5.76 Å². The van der Waals surface area contributed by atoms with Gasteiger partial charge in [-0.3, -0.25) is 0 Å². The molecule has 1 N–H and O–H groups in total. The summed E-state index contributed by atoms with van der Waals surface area (Å²) in [5.74, 6) is 1.62. The molecule has 0 bridgehead atoms. The minimum absolute atomic E-state index is 0.591. The first-order valence-electron chi connectivity index (χ1n) is 4.52. The summed E-state index contributed by atoms with van der Waals surface area (Å²) in [7, 11) is 0. The first-order valence-corrected chi connectivity index (χ1v) is 5.31. The zero-order valence-electron chi connectivity index (χ0n) is 8.20. The Hall–Kier alpha value is -1.36. The second kappa shape index (κ2) is 4.44. The monoisotopic (exact) mass is 267 g/mol. The maximum atomic E-state index is 4.96. The Morgan fingerprint density at radius 3 is 2.93 bits per heavy atom. The fourth-order valence-electron chi connectivity index (χ4n) is 1.15. The van der Waals surface area contributed by atoms with Gasteiger partial charge in [-0.15, -0.1) is 0 Å².